The van der Waals surface area contributed by atoms with Crippen LogP contribution in [-0.2, 0) is 0 Å². The molecule has 0 saturated carbocycles. The summed E-state index contributed by atoms with van der Waals surface area (Å²) in [6.45, 7) is 0. The molecule has 0 radical (unpaired) electrons. The molecule has 4 nitrogen and oxygen atoms in total. The second kappa shape index (κ2) is 12.9. The number of hydrogen-bond donors (Lipinski definition) is 0. The summed E-state index contributed by atoms with van der Waals surface area (Å²) < 4.78 is 20.0. The van der Waals surface area contributed by atoms with E-state index in [1.54, 1.807) is 0 Å². The number of anilines is 3. The minimum Gasteiger partial charge on any atom is -0.456 e. The summed E-state index contributed by atoms with van der Waals surface area (Å²) in [7, 11) is 0. The van der Waals surface area contributed by atoms with E-state index in [0.717, 1.165) is 94.0 Å². The second-order valence-corrected chi connectivity index (χ2v) is 14.8. The fraction of sp³-hybridized carbons (Fsp3) is 0. The predicted octanol–water partition coefficient (Wildman–Crippen LogP) is 15.9. The van der Waals surface area contributed by atoms with Gasteiger partial charge in [-0.1, -0.05) is 133 Å². The van der Waals surface area contributed by atoms with Crippen LogP contribution < -0.4 is 4.90 Å². The standard InChI is InChI=1S/C54H33NO3/c1-3-11-34(12-4-1)36-19-25-39(26-20-36)55(40-27-21-37(22-28-40)35-13-5-2-6-14-35)41-29-23-38(24-30-41)45-33-49-51(50-44-16-8-10-18-47(44)58-54(45)50)52-48(56-49)32-31-43-42-15-7-9-17-46(42)57-53(43)52/h1-33H. The van der Waals surface area contributed by atoms with Crippen molar-refractivity contribution in [3.05, 3.63) is 200 Å². The Morgan fingerprint density at radius 1 is 0.276 bits per heavy atom. The summed E-state index contributed by atoms with van der Waals surface area (Å²) in [4.78, 5) is 2.31. The summed E-state index contributed by atoms with van der Waals surface area (Å²) in [5.41, 5.74) is 14.8. The van der Waals surface area contributed by atoms with E-state index >= 15 is 0 Å². The summed E-state index contributed by atoms with van der Waals surface area (Å²) in [5.74, 6) is 0. The van der Waals surface area contributed by atoms with Crippen molar-refractivity contribution in [2.45, 2.75) is 0 Å². The molecule has 3 heterocycles. The van der Waals surface area contributed by atoms with Gasteiger partial charge in [0.1, 0.15) is 33.5 Å². The van der Waals surface area contributed by atoms with Gasteiger partial charge in [0.25, 0.3) is 0 Å². The molecule has 12 rings (SSSR count). The van der Waals surface area contributed by atoms with Crippen LogP contribution in [0.3, 0.4) is 0 Å². The SMILES string of the molecule is c1ccc(-c2ccc(N(c3ccc(-c4ccccc4)cc3)c3ccc(-c4cc5oc6ccc7c8ccccc8oc7c6c5c5c4oc4ccccc45)cc3)cc2)cc1. The summed E-state index contributed by atoms with van der Waals surface area (Å²) in [6.07, 6.45) is 0. The van der Waals surface area contributed by atoms with E-state index in [4.69, 9.17) is 13.3 Å². The quantitative estimate of drug-likeness (QED) is 0.170. The first kappa shape index (κ1) is 32.4. The van der Waals surface area contributed by atoms with E-state index in [0.29, 0.717) is 0 Å². The molecule has 0 aliphatic carbocycles. The number of nitrogens with zero attached hydrogens (tertiary/aromatic N) is 1. The van der Waals surface area contributed by atoms with Gasteiger partial charge in [0.15, 0.2) is 0 Å². The van der Waals surface area contributed by atoms with E-state index in [1.165, 1.54) is 22.3 Å². The van der Waals surface area contributed by atoms with Gasteiger partial charge in [-0.2, -0.15) is 0 Å². The van der Waals surface area contributed by atoms with Crippen molar-refractivity contribution in [1.82, 2.24) is 0 Å². The number of para-hydroxylation sites is 2. The minimum atomic E-state index is 0.785. The van der Waals surface area contributed by atoms with Crippen LogP contribution in [0.2, 0.25) is 0 Å². The first-order chi connectivity index (χ1) is 28.7. The van der Waals surface area contributed by atoms with Crippen LogP contribution in [0, 0.1) is 0 Å². The Morgan fingerprint density at radius 2 is 0.759 bits per heavy atom. The number of hydrogen-bond acceptors (Lipinski definition) is 4. The lowest BCUT2D eigenvalue weighted by Crippen LogP contribution is -2.09. The normalized spacial score (nSPS) is 11.8. The van der Waals surface area contributed by atoms with Crippen LogP contribution in [0.15, 0.2) is 213 Å². The number of furan rings is 3. The van der Waals surface area contributed by atoms with E-state index in [9.17, 15) is 0 Å². The van der Waals surface area contributed by atoms with Gasteiger partial charge >= 0.3 is 0 Å². The highest BCUT2D eigenvalue weighted by Gasteiger charge is 2.24. The van der Waals surface area contributed by atoms with Crippen molar-refractivity contribution < 1.29 is 13.3 Å². The van der Waals surface area contributed by atoms with E-state index in [2.05, 4.69) is 181 Å². The van der Waals surface area contributed by atoms with Crippen molar-refractivity contribution in [3.8, 4) is 33.4 Å². The van der Waals surface area contributed by atoms with Gasteiger partial charge in [-0.3, -0.25) is 0 Å². The second-order valence-electron chi connectivity index (χ2n) is 14.8. The predicted molar refractivity (Wildman–Crippen MR) is 239 cm³/mol. The molecule has 58 heavy (non-hydrogen) atoms. The van der Waals surface area contributed by atoms with E-state index in [-0.39, 0.29) is 0 Å². The lowest BCUT2D eigenvalue weighted by molar-refractivity contribution is 0.660. The fourth-order valence-electron chi connectivity index (χ4n) is 8.73. The average Bonchev–Trinajstić information content (AvgIpc) is 3.99. The zero-order valence-electron chi connectivity index (χ0n) is 31.2. The first-order valence-electron chi connectivity index (χ1n) is 19.6. The van der Waals surface area contributed by atoms with Gasteiger partial charge in [-0.05, 0) is 94.5 Å². The van der Waals surface area contributed by atoms with Gasteiger partial charge < -0.3 is 18.2 Å². The van der Waals surface area contributed by atoms with Crippen LogP contribution in [0.25, 0.3) is 99.2 Å². The van der Waals surface area contributed by atoms with E-state index in [1.807, 2.05) is 24.3 Å². The molecule has 0 fully saturated rings. The number of rotatable bonds is 6. The van der Waals surface area contributed by atoms with Crippen LogP contribution in [-0.4, -0.2) is 0 Å². The lowest BCUT2D eigenvalue weighted by Gasteiger charge is -2.26. The molecule has 0 bridgehead atoms. The molecule has 0 saturated heterocycles. The van der Waals surface area contributed by atoms with Crippen molar-refractivity contribution >= 4 is 82.9 Å². The van der Waals surface area contributed by atoms with Gasteiger partial charge in [-0.15, -0.1) is 0 Å². The topological polar surface area (TPSA) is 42.7 Å². The maximum absolute atomic E-state index is 6.76. The Hall–Kier alpha value is -7.82. The minimum absolute atomic E-state index is 0.785. The summed E-state index contributed by atoms with van der Waals surface area (Å²) in [5, 5.41) is 6.20. The highest BCUT2D eigenvalue weighted by molar-refractivity contribution is 6.33. The summed E-state index contributed by atoms with van der Waals surface area (Å²) in [6, 6.07) is 70.1. The summed E-state index contributed by atoms with van der Waals surface area (Å²) >= 11 is 0. The largest absolute Gasteiger partial charge is 0.456 e. The Kier molecular flexibility index (Phi) is 7.20. The third kappa shape index (κ3) is 5.09. The Bertz CT molecular complexity index is 3380. The molecule has 0 N–H and O–H groups in total. The molecule has 0 unspecified atom stereocenters. The Labute approximate surface area is 333 Å². The Balaban J connectivity index is 1.01. The molecule has 4 heteroatoms. The molecule has 12 aromatic rings. The van der Waals surface area contributed by atoms with Crippen LogP contribution in [0.4, 0.5) is 17.1 Å². The molecular weight excluding hydrogens is 711 g/mol. The smallest absolute Gasteiger partial charge is 0.147 e. The van der Waals surface area contributed by atoms with Crippen molar-refractivity contribution in [2.75, 3.05) is 4.90 Å². The maximum Gasteiger partial charge on any atom is 0.147 e. The van der Waals surface area contributed by atoms with Gasteiger partial charge in [0.2, 0.25) is 0 Å². The molecule has 0 atom stereocenters. The van der Waals surface area contributed by atoms with Crippen molar-refractivity contribution in [3.63, 3.8) is 0 Å². The highest BCUT2D eigenvalue weighted by atomic mass is 16.3. The molecular formula is C54H33NO3. The monoisotopic (exact) mass is 743 g/mol. The fourth-order valence-corrected chi connectivity index (χ4v) is 8.73. The molecule has 0 spiro atoms. The van der Waals surface area contributed by atoms with Crippen LogP contribution >= 0.6 is 0 Å². The third-order valence-electron chi connectivity index (χ3n) is 11.5. The van der Waals surface area contributed by atoms with Crippen molar-refractivity contribution in [2.24, 2.45) is 0 Å². The van der Waals surface area contributed by atoms with Crippen LogP contribution in [0.5, 0.6) is 0 Å². The number of benzene rings is 9. The zero-order chi connectivity index (χ0) is 38.2. The van der Waals surface area contributed by atoms with Gasteiger partial charge in [-0.25, -0.2) is 0 Å². The molecule has 272 valence electrons. The highest BCUT2D eigenvalue weighted by Crippen LogP contribution is 2.48. The molecule has 0 aliphatic rings. The maximum atomic E-state index is 6.76. The van der Waals surface area contributed by atoms with Gasteiger partial charge in [0, 0.05) is 49.6 Å². The molecule has 0 aliphatic heterocycles. The Morgan fingerprint density at radius 3 is 1.36 bits per heavy atom. The van der Waals surface area contributed by atoms with Crippen LogP contribution in [0.1, 0.15) is 0 Å². The van der Waals surface area contributed by atoms with Gasteiger partial charge in [0.05, 0.1) is 5.39 Å². The molecule has 0 amide bonds. The van der Waals surface area contributed by atoms with Crippen molar-refractivity contribution in [1.29, 1.82) is 0 Å². The molecule has 3 aromatic heterocycles. The number of fused-ring (bicyclic) bond motifs is 11. The molecule has 9 aromatic carbocycles. The third-order valence-corrected chi connectivity index (χ3v) is 11.5. The first-order valence-corrected chi connectivity index (χ1v) is 19.6. The average molecular weight is 744 g/mol. The zero-order valence-corrected chi connectivity index (χ0v) is 31.2. The van der Waals surface area contributed by atoms with E-state index < -0.39 is 0 Å². The lowest BCUT2D eigenvalue weighted by atomic mass is 9.97.